The molecule has 126 valence electrons. The van der Waals surface area contributed by atoms with Gasteiger partial charge in [0, 0.05) is 38.1 Å². The standard InChI is InChI=1S/C25H16N2/c1-2-8-15-14(7-1)13-18-21(15)24-23(17-10-4-6-12-20(17)27-24)25-22(18)16-9-3-5-11-19(16)26-25/h1-12,26-27H,13H2. The van der Waals surface area contributed by atoms with Crippen LogP contribution in [0.4, 0.5) is 0 Å². The number of H-pyrrole nitrogens is 2. The van der Waals surface area contributed by atoms with Gasteiger partial charge in [0.2, 0.25) is 0 Å². The van der Waals surface area contributed by atoms with Crippen LogP contribution in [0.1, 0.15) is 11.1 Å². The van der Waals surface area contributed by atoms with E-state index in [4.69, 9.17) is 0 Å². The summed E-state index contributed by atoms with van der Waals surface area (Å²) in [6.07, 6.45) is 0.995. The number of fused-ring (bicyclic) bond motifs is 12. The maximum Gasteiger partial charge on any atom is 0.0569 e. The lowest BCUT2D eigenvalue weighted by atomic mass is 9.96. The summed E-state index contributed by atoms with van der Waals surface area (Å²) in [6, 6.07) is 26.2. The number of benzene rings is 4. The van der Waals surface area contributed by atoms with Crippen LogP contribution in [0, 0.1) is 0 Å². The Balaban J connectivity index is 1.85. The van der Waals surface area contributed by atoms with Crippen molar-refractivity contribution in [2.24, 2.45) is 0 Å². The van der Waals surface area contributed by atoms with Crippen LogP contribution in [0.3, 0.4) is 0 Å². The zero-order valence-corrected chi connectivity index (χ0v) is 14.6. The third-order valence-corrected chi connectivity index (χ3v) is 6.17. The molecule has 0 saturated heterocycles. The number of hydrogen-bond donors (Lipinski definition) is 2. The minimum atomic E-state index is 0.995. The van der Waals surface area contributed by atoms with Crippen LogP contribution in [0.25, 0.3) is 54.7 Å². The van der Waals surface area contributed by atoms with E-state index in [2.05, 4.69) is 82.8 Å². The fourth-order valence-electron chi connectivity index (χ4n) is 5.09. The highest BCUT2D eigenvalue weighted by molar-refractivity contribution is 6.29. The molecule has 1 aliphatic rings. The molecule has 0 saturated carbocycles. The summed E-state index contributed by atoms with van der Waals surface area (Å²) in [4.78, 5) is 7.47. The van der Waals surface area contributed by atoms with Crippen molar-refractivity contribution in [2.75, 3.05) is 0 Å². The first-order valence-corrected chi connectivity index (χ1v) is 9.44. The van der Waals surface area contributed by atoms with E-state index < -0.39 is 0 Å². The van der Waals surface area contributed by atoms with Gasteiger partial charge in [-0.15, -0.1) is 0 Å². The van der Waals surface area contributed by atoms with Crippen molar-refractivity contribution in [3.8, 4) is 11.1 Å². The van der Waals surface area contributed by atoms with Gasteiger partial charge >= 0.3 is 0 Å². The summed E-state index contributed by atoms with van der Waals surface area (Å²) in [5, 5.41) is 5.31. The van der Waals surface area contributed by atoms with Crippen molar-refractivity contribution in [3.63, 3.8) is 0 Å². The van der Waals surface area contributed by atoms with Gasteiger partial charge in [0.1, 0.15) is 0 Å². The number of aromatic amines is 2. The Morgan fingerprint density at radius 2 is 1.22 bits per heavy atom. The first-order valence-electron chi connectivity index (χ1n) is 9.44. The maximum atomic E-state index is 3.74. The number of rotatable bonds is 0. The van der Waals surface area contributed by atoms with Crippen LogP contribution >= 0.6 is 0 Å². The normalized spacial score (nSPS) is 13.0. The van der Waals surface area contributed by atoms with Crippen molar-refractivity contribution in [1.29, 1.82) is 0 Å². The van der Waals surface area contributed by atoms with E-state index in [0.29, 0.717) is 0 Å². The molecule has 0 atom stereocenters. The SMILES string of the molecule is c1ccc2c(c1)Cc1c-2c2[nH]c3ccccc3c2c2[nH]c3ccccc3c12. The Morgan fingerprint density at radius 3 is 2.04 bits per heavy atom. The van der Waals surface area contributed by atoms with Gasteiger partial charge in [-0.1, -0.05) is 60.7 Å². The highest BCUT2D eigenvalue weighted by Gasteiger charge is 2.27. The molecule has 0 fully saturated rings. The van der Waals surface area contributed by atoms with Gasteiger partial charge in [-0.05, 0) is 35.2 Å². The number of hydrogen-bond acceptors (Lipinski definition) is 0. The van der Waals surface area contributed by atoms with Gasteiger partial charge in [0.05, 0.1) is 11.0 Å². The molecule has 2 heterocycles. The van der Waals surface area contributed by atoms with Gasteiger partial charge in [0.25, 0.3) is 0 Å². The molecule has 2 N–H and O–H groups in total. The zero-order valence-electron chi connectivity index (χ0n) is 14.6. The Morgan fingerprint density at radius 1 is 0.593 bits per heavy atom. The summed E-state index contributed by atoms with van der Waals surface area (Å²) in [6.45, 7) is 0. The first-order chi connectivity index (χ1) is 13.4. The molecular formula is C25H16N2. The third kappa shape index (κ3) is 1.57. The molecule has 2 nitrogen and oxygen atoms in total. The maximum absolute atomic E-state index is 3.74. The smallest absolute Gasteiger partial charge is 0.0569 e. The minimum absolute atomic E-state index is 0.995. The first kappa shape index (κ1) is 13.7. The van der Waals surface area contributed by atoms with Crippen LogP contribution in [-0.4, -0.2) is 9.97 Å². The quantitative estimate of drug-likeness (QED) is 0.313. The third-order valence-electron chi connectivity index (χ3n) is 6.17. The predicted octanol–water partition coefficient (Wildman–Crippen LogP) is 6.53. The van der Waals surface area contributed by atoms with E-state index in [-0.39, 0.29) is 0 Å². The molecule has 0 unspecified atom stereocenters. The Kier molecular flexibility index (Phi) is 2.33. The molecule has 0 aliphatic heterocycles. The van der Waals surface area contributed by atoms with E-state index in [9.17, 15) is 0 Å². The van der Waals surface area contributed by atoms with Crippen molar-refractivity contribution >= 4 is 43.6 Å². The zero-order chi connectivity index (χ0) is 17.5. The summed E-state index contributed by atoms with van der Waals surface area (Å²) in [5.41, 5.74) is 10.6. The molecule has 2 aromatic heterocycles. The molecule has 0 bridgehead atoms. The van der Waals surface area contributed by atoms with Gasteiger partial charge in [-0.2, -0.15) is 0 Å². The van der Waals surface area contributed by atoms with Gasteiger partial charge in [0.15, 0.2) is 0 Å². The second kappa shape index (κ2) is 4.60. The number of nitrogens with one attached hydrogen (secondary N) is 2. The van der Waals surface area contributed by atoms with Crippen molar-refractivity contribution in [2.45, 2.75) is 6.42 Å². The van der Waals surface area contributed by atoms with Crippen molar-refractivity contribution in [1.82, 2.24) is 9.97 Å². The molecule has 0 amide bonds. The molecule has 7 rings (SSSR count). The molecular weight excluding hydrogens is 328 g/mol. The largest absolute Gasteiger partial charge is 0.354 e. The van der Waals surface area contributed by atoms with Gasteiger partial charge in [-0.25, -0.2) is 0 Å². The van der Waals surface area contributed by atoms with Crippen LogP contribution in [0.15, 0.2) is 72.8 Å². The minimum Gasteiger partial charge on any atom is -0.354 e. The molecule has 27 heavy (non-hydrogen) atoms. The topological polar surface area (TPSA) is 31.6 Å². The molecule has 2 heteroatoms. The summed E-state index contributed by atoms with van der Waals surface area (Å²) < 4.78 is 0. The molecule has 1 aliphatic carbocycles. The Bertz CT molecular complexity index is 1550. The fourth-order valence-corrected chi connectivity index (χ4v) is 5.09. The number of aromatic nitrogens is 2. The molecule has 4 aromatic carbocycles. The second-order valence-corrected chi connectivity index (χ2v) is 7.53. The van der Waals surface area contributed by atoms with Crippen LogP contribution in [-0.2, 0) is 6.42 Å². The lowest BCUT2D eigenvalue weighted by molar-refractivity contribution is 1.29. The lowest BCUT2D eigenvalue weighted by Gasteiger charge is -2.07. The van der Waals surface area contributed by atoms with E-state index in [0.717, 1.165) is 6.42 Å². The Labute approximate surface area is 155 Å². The highest BCUT2D eigenvalue weighted by atomic mass is 14.8. The van der Waals surface area contributed by atoms with E-state index in [1.807, 2.05) is 0 Å². The summed E-state index contributed by atoms with van der Waals surface area (Å²) >= 11 is 0. The molecule has 6 aromatic rings. The van der Waals surface area contributed by atoms with E-state index in [1.165, 1.54) is 65.9 Å². The fraction of sp³-hybridized carbons (Fsp3) is 0.0400. The van der Waals surface area contributed by atoms with Crippen molar-refractivity contribution in [3.05, 3.63) is 83.9 Å². The number of para-hydroxylation sites is 2. The predicted molar refractivity (Wildman–Crippen MR) is 113 cm³/mol. The average molecular weight is 344 g/mol. The van der Waals surface area contributed by atoms with Crippen LogP contribution in [0.2, 0.25) is 0 Å². The Hall–Kier alpha value is -3.52. The van der Waals surface area contributed by atoms with Gasteiger partial charge < -0.3 is 9.97 Å². The summed E-state index contributed by atoms with van der Waals surface area (Å²) in [5.74, 6) is 0. The average Bonchev–Trinajstić information content (AvgIpc) is 3.38. The van der Waals surface area contributed by atoms with E-state index >= 15 is 0 Å². The van der Waals surface area contributed by atoms with E-state index in [1.54, 1.807) is 0 Å². The van der Waals surface area contributed by atoms with Crippen LogP contribution < -0.4 is 0 Å². The monoisotopic (exact) mass is 344 g/mol. The second-order valence-electron chi connectivity index (χ2n) is 7.53. The molecule has 0 radical (unpaired) electrons. The molecule has 0 spiro atoms. The summed E-state index contributed by atoms with van der Waals surface area (Å²) in [7, 11) is 0. The van der Waals surface area contributed by atoms with Gasteiger partial charge in [-0.3, -0.25) is 0 Å². The highest BCUT2D eigenvalue weighted by Crippen LogP contribution is 2.49. The van der Waals surface area contributed by atoms with Crippen LogP contribution in [0.5, 0.6) is 0 Å². The van der Waals surface area contributed by atoms with Crippen molar-refractivity contribution < 1.29 is 0 Å². The lowest BCUT2D eigenvalue weighted by Crippen LogP contribution is -1.85.